The maximum Gasteiger partial charge on any atom is 0.0814 e. The molecule has 21 heavy (non-hydrogen) atoms. The van der Waals surface area contributed by atoms with Crippen LogP contribution in [0.2, 0.25) is 0 Å². The third kappa shape index (κ3) is 4.55. The molecule has 0 amide bonds. The first kappa shape index (κ1) is 16.5. The quantitative estimate of drug-likeness (QED) is 0.784. The molecule has 1 aliphatic carbocycles. The summed E-state index contributed by atoms with van der Waals surface area (Å²) in [6.07, 6.45) is 7.87. The highest BCUT2D eigenvalue weighted by atomic mass is 16.5. The monoisotopic (exact) mass is 289 g/mol. The second kappa shape index (κ2) is 7.95. The van der Waals surface area contributed by atoms with Crippen molar-refractivity contribution in [1.82, 2.24) is 5.32 Å². The van der Waals surface area contributed by atoms with Crippen LogP contribution in [-0.4, -0.2) is 19.2 Å². The number of rotatable bonds is 7. The zero-order chi connectivity index (χ0) is 15.1. The minimum atomic E-state index is 0.0221. The third-order valence-electron chi connectivity index (χ3n) is 4.91. The van der Waals surface area contributed by atoms with Gasteiger partial charge in [0.1, 0.15) is 0 Å². The molecule has 1 N–H and O–H groups in total. The van der Waals surface area contributed by atoms with Crippen molar-refractivity contribution < 1.29 is 4.74 Å². The molecular formula is C19H31NO. The molecule has 0 bridgehead atoms. The van der Waals surface area contributed by atoms with E-state index in [2.05, 4.69) is 49.5 Å². The summed E-state index contributed by atoms with van der Waals surface area (Å²) in [5, 5.41) is 3.36. The molecule has 1 aromatic carbocycles. The minimum Gasteiger partial charge on any atom is -0.366 e. The molecule has 1 aromatic rings. The fraction of sp³-hybridized carbons (Fsp3) is 0.684. The highest BCUT2D eigenvalue weighted by molar-refractivity contribution is 5.17. The van der Waals surface area contributed by atoms with Crippen LogP contribution in [0.4, 0.5) is 0 Å². The van der Waals surface area contributed by atoms with Gasteiger partial charge in [0.05, 0.1) is 11.7 Å². The largest absolute Gasteiger partial charge is 0.366 e. The summed E-state index contributed by atoms with van der Waals surface area (Å²) in [7, 11) is 2.04. The molecule has 0 aromatic heterocycles. The van der Waals surface area contributed by atoms with Gasteiger partial charge in [-0.15, -0.1) is 0 Å². The lowest BCUT2D eigenvalue weighted by Gasteiger charge is -2.42. The Balaban J connectivity index is 1.99. The second-order valence-electron chi connectivity index (χ2n) is 6.62. The molecule has 0 heterocycles. The number of hydrogen-bond donors (Lipinski definition) is 1. The molecule has 0 spiro atoms. The second-order valence-corrected chi connectivity index (χ2v) is 6.62. The standard InChI is InChI=1S/C19H31NO/c1-4-8-17-11-13-19(14-12-17,15-20-3)21-16(2)18-9-6-5-7-10-18/h5-7,9-10,16-17,20H,4,8,11-15H2,1-3H3. The van der Waals surface area contributed by atoms with Crippen LogP contribution in [0.3, 0.4) is 0 Å². The van der Waals surface area contributed by atoms with E-state index >= 15 is 0 Å². The summed E-state index contributed by atoms with van der Waals surface area (Å²) in [5.41, 5.74) is 1.30. The zero-order valence-electron chi connectivity index (χ0n) is 13.9. The van der Waals surface area contributed by atoms with Crippen LogP contribution in [0.25, 0.3) is 0 Å². The van der Waals surface area contributed by atoms with Crippen LogP contribution in [0, 0.1) is 5.92 Å². The van der Waals surface area contributed by atoms with E-state index in [4.69, 9.17) is 4.74 Å². The molecule has 2 heteroatoms. The van der Waals surface area contributed by atoms with Gasteiger partial charge in [-0.3, -0.25) is 0 Å². The minimum absolute atomic E-state index is 0.0221. The van der Waals surface area contributed by atoms with Gasteiger partial charge >= 0.3 is 0 Å². The molecular weight excluding hydrogens is 258 g/mol. The van der Waals surface area contributed by atoms with Gasteiger partial charge in [-0.2, -0.15) is 0 Å². The highest BCUT2D eigenvalue weighted by Gasteiger charge is 2.36. The lowest BCUT2D eigenvalue weighted by molar-refractivity contribution is -0.113. The first-order valence-electron chi connectivity index (χ1n) is 8.56. The summed E-state index contributed by atoms with van der Waals surface area (Å²) >= 11 is 0. The van der Waals surface area contributed by atoms with Gasteiger partial charge < -0.3 is 10.1 Å². The smallest absolute Gasteiger partial charge is 0.0814 e. The Bertz CT molecular complexity index is 395. The SMILES string of the molecule is CCCC1CCC(CNC)(OC(C)c2ccccc2)CC1. The first-order chi connectivity index (χ1) is 10.2. The summed E-state index contributed by atoms with van der Waals surface area (Å²) in [6.45, 7) is 5.44. The highest BCUT2D eigenvalue weighted by Crippen LogP contribution is 2.39. The van der Waals surface area contributed by atoms with E-state index in [1.165, 1.54) is 44.1 Å². The Morgan fingerprint density at radius 3 is 2.48 bits per heavy atom. The van der Waals surface area contributed by atoms with Crippen molar-refractivity contribution in [2.45, 2.75) is 64.1 Å². The van der Waals surface area contributed by atoms with Gasteiger partial charge in [0, 0.05) is 6.54 Å². The maximum atomic E-state index is 6.57. The predicted octanol–water partition coefficient (Wildman–Crippen LogP) is 4.71. The van der Waals surface area contributed by atoms with E-state index < -0.39 is 0 Å². The number of nitrogens with one attached hydrogen (secondary N) is 1. The van der Waals surface area contributed by atoms with Crippen LogP contribution in [-0.2, 0) is 4.74 Å². The molecule has 0 radical (unpaired) electrons. The zero-order valence-corrected chi connectivity index (χ0v) is 13.9. The number of likely N-dealkylation sites (N-methyl/N-ethyl adjacent to an activating group) is 1. The van der Waals surface area contributed by atoms with Crippen LogP contribution in [0.1, 0.15) is 64.0 Å². The average molecular weight is 289 g/mol. The third-order valence-corrected chi connectivity index (χ3v) is 4.91. The molecule has 1 atom stereocenters. The van der Waals surface area contributed by atoms with Gasteiger partial charge in [0.15, 0.2) is 0 Å². The molecule has 1 aliphatic rings. The van der Waals surface area contributed by atoms with E-state index in [1.807, 2.05) is 7.05 Å². The predicted molar refractivity (Wildman–Crippen MR) is 89.5 cm³/mol. The van der Waals surface area contributed by atoms with Gasteiger partial charge in [-0.25, -0.2) is 0 Å². The lowest BCUT2D eigenvalue weighted by Crippen LogP contribution is -2.45. The number of ether oxygens (including phenoxy) is 1. The van der Waals surface area contributed by atoms with Crippen molar-refractivity contribution in [1.29, 1.82) is 0 Å². The van der Waals surface area contributed by atoms with Gasteiger partial charge in [-0.05, 0) is 51.1 Å². The summed E-state index contributed by atoms with van der Waals surface area (Å²) < 4.78 is 6.57. The average Bonchev–Trinajstić information content (AvgIpc) is 2.51. The van der Waals surface area contributed by atoms with Crippen LogP contribution in [0.15, 0.2) is 30.3 Å². The molecule has 0 saturated heterocycles. The Hall–Kier alpha value is -0.860. The molecule has 2 nitrogen and oxygen atoms in total. The topological polar surface area (TPSA) is 21.3 Å². The molecule has 0 aliphatic heterocycles. The van der Waals surface area contributed by atoms with Crippen LogP contribution >= 0.6 is 0 Å². The number of benzene rings is 1. The molecule has 1 saturated carbocycles. The van der Waals surface area contributed by atoms with Crippen molar-refractivity contribution in [2.24, 2.45) is 5.92 Å². The lowest BCUT2D eigenvalue weighted by atomic mass is 9.77. The number of hydrogen-bond acceptors (Lipinski definition) is 2. The molecule has 2 rings (SSSR count). The maximum absolute atomic E-state index is 6.57. The van der Waals surface area contributed by atoms with E-state index in [1.54, 1.807) is 0 Å². The Morgan fingerprint density at radius 1 is 1.24 bits per heavy atom. The fourth-order valence-corrected chi connectivity index (χ4v) is 3.73. The van der Waals surface area contributed by atoms with E-state index in [-0.39, 0.29) is 11.7 Å². The normalized spacial score (nSPS) is 27.5. The van der Waals surface area contributed by atoms with E-state index in [9.17, 15) is 0 Å². The van der Waals surface area contributed by atoms with Gasteiger partial charge in [0.25, 0.3) is 0 Å². The fourth-order valence-electron chi connectivity index (χ4n) is 3.73. The molecule has 1 fully saturated rings. The van der Waals surface area contributed by atoms with E-state index in [0.29, 0.717) is 0 Å². The van der Waals surface area contributed by atoms with Crippen LogP contribution in [0.5, 0.6) is 0 Å². The van der Waals surface area contributed by atoms with Crippen molar-refractivity contribution in [3.63, 3.8) is 0 Å². The summed E-state index contributed by atoms with van der Waals surface area (Å²) in [6, 6.07) is 10.6. The van der Waals surface area contributed by atoms with Crippen molar-refractivity contribution >= 4 is 0 Å². The van der Waals surface area contributed by atoms with Gasteiger partial charge in [-0.1, -0.05) is 50.1 Å². The van der Waals surface area contributed by atoms with Crippen molar-refractivity contribution in [2.75, 3.05) is 13.6 Å². The Kier molecular flexibility index (Phi) is 6.25. The van der Waals surface area contributed by atoms with Gasteiger partial charge in [0.2, 0.25) is 0 Å². The summed E-state index contributed by atoms with van der Waals surface area (Å²) in [4.78, 5) is 0. The van der Waals surface area contributed by atoms with E-state index in [0.717, 1.165) is 12.5 Å². The summed E-state index contributed by atoms with van der Waals surface area (Å²) in [5.74, 6) is 0.913. The Morgan fingerprint density at radius 2 is 1.90 bits per heavy atom. The van der Waals surface area contributed by atoms with Crippen molar-refractivity contribution in [3.8, 4) is 0 Å². The van der Waals surface area contributed by atoms with Crippen molar-refractivity contribution in [3.05, 3.63) is 35.9 Å². The molecule has 1 unspecified atom stereocenters. The Labute approximate surface area is 130 Å². The molecule has 118 valence electrons. The van der Waals surface area contributed by atoms with Crippen LogP contribution < -0.4 is 5.32 Å². The first-order valence-corrected chi connectivity index (χ1v) is 8.56.